The highest BCUT2D eigenvalue weighted by Crippen LogP contribution is 2.27. The third-order valence-electron chi connectivity index (χ3n) is 3.69. The van der Waals surface area contributed by atoms with E-state index in [1.54, 1.807) is 0 Å². The smallest absolute Gasteiger partial charge is 0.340 e. The fourth-order valence-electron chi connectivity index (χ4n) is 2.29. The lowest BCUT2D eigenvalue weighted by molar-refractivity contribution is -0.138. The molecule has 5 heteroatoms. The van der Waals surface area contributed by atoms with Crippen molar-refractivity contribution in [2.45, 2.75) is 55.7 Å². The normalized spacial score (nSPS) is 11.6. The molecular weight excluding hydrogens is 335 g/mol. The van der Waals surface area contributed by atoms with Crippen molar-refractivity contribution in [2.75, 3.05) is 13.2 Å². The maximum absolute atomic E-state index is 10.7. The Hall–Kier alpha value is -0.770. The molecule has 0 aliphatic carbocycles. The molecule has 0 atom stereocenters. The maximum atomic E-state index is 10.7. The number of carbonyl (C=O) groups is 1. The first-order chi connectivity index (χ1) is 11.0. The average Bonchev–Trinajstić information content (AvgIpc) is 2.53. The van der Waals surface area contributed by atoms with Crippen LogP contribution in [0.4, 0.5) is 0 Å². The van der Waals surface area contributed by atoms with Crippen molar-refractivity contribution >= 4 is 29.2 Å². The molecule has 0 aliphatic rings. The highest BCUT2D eigenvalue weighted by Gasteiger charge is 2.32. The minimum Gasteiger partial charge on any atom is -0.479 e. The van der Waals surface area contributed by atoms with Gasteiger partial charge in [0.1, 0.15) is 0 Å². The molecule has 0 saturated carbocycles. The van der Waals surface area contributed by atoms with Crippen LogP contribution < -0.4 is 0 Å². The van der Waals surface area contributed by atoms with E-state index in [0.29, 0.717) is 13.0 Å². The second-order valence-electron chi connectivity index (χ2n) is 5.73. The van der Waals surface area contributed by atoms with Crippen LogP contribution in [0.3, 0.4) is 0 Å². The number of rotatable bonds is 13. The SMILES string of the molecule is O=C(O)C(Cl)(Cl)CCCCCOCCCCCc1ccccc1. The third-order valence-corrected chi connectivity index (χ3v) is 4.39. The van der Waals surface area contributed by atoms with Gasteiger partial charge >= 0.3 is 5.97 Å². The summed E-state index contributed by atoms with van der Waals surface area (Å²) in [5, 5.41) is 8.77. The molecule has 0 saturated heterocycles. The Morgan fingerprint density at radius 3 is 2.17 bits per heavy atom. The van der Waals surface area contributed by atoms with Crippen LogP contribution in [0.1, 0.15) is 50.5 Å². The molecule has 1 rings (SSSR count). The molecule has 1 aromatic rings. The maximum Gasteiger partial charge on any atom is 0.340 e. The minimum atomic E-state index is -1.65. The molecule has 0 aromatic heterocycles. The van der Waals surface area contributed by atoms with E-state index in [4.69, 9.17) is 33.0 Å². The Labute approximate surface area is 148 Å². The molecule has 0 unspecified atom stereocenters. The van der Waals surface area contributed by atoms with Gasteiger partial charge in [-0.05, 0) is 44.1 Å². The van der Waals surface area contributed by atoms with Gasteiger partial charge in [0.25, 0.3) is 0 Å². The van der Waals surface area contributed by atoms with E-state index in [0.717, 1.165) is 32.3 Å². The lowest BCUT2D eigenvalue weighted by atomic mass is 10.1. The number of carboxylic acids is 1. The van der Waals surface area contributed by atoms with Crippen molar-refractivity contribution in [3.63, 3.8) is 0 Å². The van der Waals surface area contributed by atoms with Crippen LogP contribution in [0, 0.1) is 0 Å². The minimum absolute atomic E-state index is 0.269. The first-order valence-electron chi connectivity index (χ1n) is 8.25. The standard InChI is InChI=1S/C18H26Cl2O3/c19-18(20,17(21)22)13-7-3-9-15-23-14-8-2-6-12-16-10-4-1-5-11-16/h1,4-5,10-11H,2-3,6-9,12-15H2,(H,21,22). The molecule has 3 nitrogen and oxygen atoms in total. The molecule has 0 heterocycles. The second-order valence-corrected chi connectivity index (χ2v) is 7.21. The summed E-state index contributed by atoms with van der Waals surface area (Å²) >= 11 is 11.3. The van der Waals surface area contributed by atoms with Crippen LogP contribution in [-0.2, 0) is 16.0 Å². The number of ether oxygens (including phenoxy) is 1. The Morgan fingerprint density at radius 2 is 1.57 bits per heavy atom. The summed E-state index contributed by atoms with van der Waals surface area (Å²) < 4.78 is 3.93. The first kappa shape index (κ1) is 20.3. The summed E-state index contributed by atoms with van der Waals surface area (Å²) in [6.07, 6.45) is 7.33. The molecule has 0 aliphatic heterocycles. The van der Waals surface area contributed by atoms with Crippen molar-refractivity contribution in [1.29, 1.82) is 0 Å². The van der Waals surface area contributed by atoms with Crippen LogP contribution in [0.25, 0.3) is 0 Å². The Kier molecular flexibility index (Phi) is 10.3. The summed E-state index contributed by atoms with van der Waals surface area (Å²) in [7, 11) is 0. The average molecular weight is 361 g/mol. The van der Waals surface area contributed by atoms with Gasteiger partial charge in [-0.25, -0.2) is 4.79 Å². The number of unbranched alkanes of at least 4 members (excludes halogenated alkanes) is 4. The summed E-state index contributed by atoms with van der Waals surface area (Å²) in [4.78, 5) is 10.7. The number of alkyl halides is 2. The van der Waals surface area contributed by atoms with Gasteiger partial charge in [0, 0.05) is 13.2 Å². The molecule has 1 N–H and O–H groups in total. The van der Waals surface area contributed by atoms with E-state index in [9.17, 15) is 4.79 Å². The summed E-state index contributed by atoms with van der Waals surface area (Å²) in [6, 6.07) is 10.5. The van der Waals surface area contributed by atoms with E-state index in [-0.39, 0.29) is 6.42 Å². The van der Waals surface area contributed by atoms with Gasteiger partial charge in [-0.15, -0.1) is 0 Å². The number of halogens is 2. The van der Waals surface area contributed by atoms with E-state index in [1.165, 1.54) is 18.4 Å². The zero-order chi connectivity index (χ0) is 17.0. The van der Waals surface area contributed by atoms with E-state index < -0.39 is 10.3 Å². The van der Waals surface area contributed by atoms with Crippen molar-refractivity contribution in [3.8, 4) is 0 Å². The van der Waals surface area contributed by atoms with Gasteiger partial charge in [0.05, 0.1) is 0 Å². The summed E-state index contributed by atoms with van der Waals surface area (Å²) in [5.74, 6) is -1.17. The molecule has 1 aromatic carbocycles. The molecule has 0 amide bonds. The van der Waals surface area contributed by atoms with Gasteiger partial charge in [0.2, 0.25) is 4.33 Å². The Bertz CT molecular complexity index is 435. The molecule has 0 fully saturated rings. The first-order valence-corrected chi connectivity index (χ1v) is 9.01. The quantitative estimate of drug-likeness (QED) is 0.386. The molecule has 0 radical (unpaired) electrons. The Balaban J connectivity index is 1.86. The van der Waals surface area contributed by atoms with Crippen LogP contribution >= 0.6 is 23.2 Å². The molecule has 0 spiro atoms. The van der Waals surface area contributed by atoms with Crippen molar-refractivity contribution in [1.82, 2.24) is 0 Å². The van der Waals surface area contributed by atoms with Gasteiger partial charge in [-0.2, -0.15) is 0 Å². The van der Waals surface area contributed by atoms with Crippen LogP contribution in [-0.4, -0.2) is 28.6 Å². The van der Waals surface area contributed by atoms with E-state index in [2.05, 4.69) is 24.3 Å². The number of aliphatic carboxylic acids is 1. The zero-order valence-corrected chi connectivity index (χ0v) is 15.0. The van der Waals surface area contributed by atoms with Crippen LogP contribution in [0.2, 0.25) is 0 Å². The van der Waals surface area contributed by atoms with Gasteiger partial charge in [0.15, 0.2) is 0 Å². The molecular formula is C18H26Cl2O3. The second kappa shape index (κ2) is 11.7. The fraction of sp³-hybridized carbons (Fsp3) is 0.611. The highest BCUT2D eigenvalue weighted by molar-refractivity contribution is 6.57. The lowest BCUT2D eigenvalue weighted by Gasteiger charge is -2.13. The molecule has 0 bridgehead atoms. The number of benzene rings is 1. The van der Waals surface area contributed by atoms with Gasteiger partial charge in [-0.1, -0.05) is 66.4 Å². The predicted octanol–water partition coefficient (Wildman–Crippen LogP) is 5.23. The monoisotopic (exact) mass is 360 g/mol. The Morgan fingerprint density at radius 1 is 0.957 bits per heavy atom. The van der Waals surface area contributed by atoms with Crippen molar-refractivity contribution in [2.24, 2.45) is 0 Å². The third kappa shape index (κ3) is 9.85. The molecule has 130 valence electrons. The predicted molar refractivity (Wildman–Crippen MR) is 95.4 cm³/mol. The largest absolute Gasteiger partial charge is 0.479 e. The fourth-order valence-corrected chi connectivity index (χ4v) is 2.56. The summed E-state index contributed by atoms with van der Waals surface area (Å²) in [5.41, 5.74) is 1.39. The van der Waals surface area contributed by atoms with E-state index >= 15 is 0 Å². The highest BCUT2D eigenvalue weighted by atomic mass is 35.5. The van der Waals surface area contributed by atoms with Gasteiger partial charge < -0.3 is 9.84 Å². The number of hydrogen-bond acceptors (Lipinski definition) is 2. The topological polar surface area (TPSA) is 46.5 Å². The van der Waals surface area contributed by atoms with Crippen LogP contribution in [0.5, 0.6) is 0 Å². The lowest BCUT2D eigenvalue weighted by Crippen LogP contribution is -2.25. The number of carboxylic acid groups (broad SMARTS) is 1. The van der Waals surface area contributed by atoms with Crippen molar-refractivity contribution < 1.29 is 14.6 Å². The van der Waals surface area contributed by atoms with Crippen molar-refractivity contribution in [3.05, 3.63) is 35.9 Å². The van der Waals surface area contributed by atoms with Gasteiger partial charge in [-0.3, -0.25) is 0 Å². The summed E-state index contributed by atoms with van der Waals surface area (Å²) in [6.45, 7) is 1.50. The zero-order valence-electron chi connectivity index (χ0n) is 13.5. The molecule has 23 heavy (non-hydrogen) atoms. The van der Waals surface area contributed by atoms with Crippen LogP contribution in [0.15, 0.2) is 30.3 Å². The van der Waals surface area contributed by atoms with E-state index in [1.807, 2.05) is 6.07 Å². The number of aryl methyl sites for hydroxylation is 1. The number of hydrogen-bond donors (Lipinski definition) is 1.